The second-order valence-electron chi connectivity index (χ2n) is 4.75. The molecule has 0 saturated carbocycles. The number of hydrogen-bond acceptors (Lipinski definition) is 0. The fraction of sp³-hybridized carbons (Fsp3) is 0.294. The van der Waals surface area contributed by atoms with Crippen LogP contribution in [-0.2, 0) is 12.8 Å². The fourth-order valence-electron chi connectivity index (χ4n) is 2.31. The third kappa shape index (κ3) is 3.21. The smallest absolute Gasteiger partial charge is 0.0852 e. The highest BCUT2D eigenvalue weighted by Gasteiger charge is 2.18. The highest BCUT2D eigenvalue weighted by Crippen LogP contribution is 2.38. The molecular weight excluding hydrogens is 355 g/mol. The van der Waals surface area contributed by atoms with Gasteiger partial charge >= 0.3 is 0 Å². The first-order chi connectivity index (χ1) is 9.58. The van der Waals surface area contributed by atoms with E-state index in [0.29, 0.717) is 5.02 Å². The quantitative estimate of drug-likeness (QED) is 0.534. The third-order valence-electron chi connectivity index (χ3n) is 3.53. The van der Waals surface area contributed by atoms with Crippen molar-refractivity contribution in [3.05, 3.63) is 68.1 Å². The Bertz CT molecular complexity index is 608. The van der Waals surface area contributed by atoms with E-state index in [1.165, 1.54) is 11.1 Å². The zero-order valence-corrected chi connectivity index (χ0v) is 14.7. The summed E-state index contributed by atoms with van der Waals surface area (Å²) in [7, 11) is 0. The molecule has 106 valence electrons. The van der Waals surface area contributed by atoms with Gasteiger partial charge in [-0.3, -0.25) is 0 Å². The normalized spacial score (nSPS) is 12.4. The van der Waals surface area contributed by atoms with E-state index in [4.69, 9.17) is 23.2 Å². The second kappa shape index (κ2) is 6.98. The Labute approximate surface area is 139 Å². The summed E-state index contributed by atoms with van der Waals surface area (Å²) in [6, 6.07) is 12.4. The van der Waals surface area contributed by atoms with Crippen molar-refractivity contribution in [3.8, 4) is 0 Å². The summed E-state index contributed by atoms with van der Waals surface area (Å²) >= 11 is 16.6. The van der Waals surface area contributed by atoms with Crippen LogP contribution in [0.15, 0.2) is 40.9 Å². The molecule has 20 heavy (non-hydrogen) atoms. The van der Waals surface area contributed by atoms with Gasteiger partial charge in [0.15, 0.2) is 0 Å². The van der Waals surface area contributed by atoms with Gasteiger partial charge < -0.3 is 0 Å². The number of alkyl halides is 1. The van der Waals surface area contributed by atoms with E-state index in [2.05, 4.69) is 48.0 Å². The highest BCUT2D eigenvalue weighted by molar-refractivity contribution is 9.10. The molecule has 3 heteroatoms. The van der Waals surface area contributed by atoms with Crippen molar-refractivity contribution in [1.82, 2.24) is 0 Å². The first-order valence-corrected chi connectivity index (χ1v) is 8.38. The standard InChI is InChI=1S/C17H17BrCl2/c1-3-11-8-9-12(4-2)14(10-11)16(19)13-6-5-7-15(18)17(13)20/h5-10,16H,3-4H2,1-2H3. The van der Waals surface area contributed by atoms with Gasteiger partial charge in [0.1, 0.15) is 0 Å². The van der Waals surface area contributed by atoms with E-state index in [-0.39, 0.29) is 5.38 Å². The van der Waals surface area contributed by atoms with Gasteiger partial charge in [0, 0.05) is 4.47 Å². The van der Waals surface area contributed by atoms with Crippen LogP contribution in [0.25, 0.3) is 0 Å². The number of halogens is 3. The van der Waals surface area contributed by atoms with Crippen LogP contribution in [0.2, 0.25) is 5.02 Å². The Morgan fingerprint density at radius 3 is 2.45 bits per heavy atom. The number of aryl methyl sites for hydroxylation is 2. The minimum absolute atomic E-state index is 0.221. The van der Waals surface area contributed by atoms with Crippen molar-refractivity contribution < 1.29 is 0 Å². The molecule has 0 N–H and O–H groups in total. The van der Waals surface area contributed by atoms with Crippen LogP contribution in [0.3, 0.4) is 0 Å². The van der Waals surface area contributed by atoms with E-state index in [0.717, 1.165) is 28.4 Å². The van der Waals surface area contributed by atoms with Gasteiger partial charge in [-0.05, 0) is 57.1 Å². The molecule has 0 spiro atoms. The summed E-state index contributed by atoms with van der Waals surface area (Å²) in [5, 5.41) is 0.470. The molecule has 0 heterocycles. The Hall–Kier alpha value is -0.500. The van der Waals surface area contributed by atoms with Crippen LogP contribution >= 0.6 is 39.1 Å². The average Bonchev–Trinajstić information content (AvgIpc) is 2.48. The van der Waals surface area contributed by atoms with Crippen molar-refractivity contribution >= 4 is 39.1 Å². The summed E-state index contributed by atoms with van der Waals surface area (Å²) < 4.78 is 0.881. The minimum Gasteiger partial charge on any atom is -0.113 e. The lowest BCUT2D eigenvalue weighted by atomic mass is 9.95. The van der Waals surface area contributed by atoms with Crippen LogP contribution in [0.5, 0.6) is 0 Å². The fourth-order valence-corrected chi connectivity index (χ4v) is 3.36. The minimum atomic E-state index is -0.221. The Balaban J connectivity index is 2.51. The largest absolute Gasteiger partial charge is 0.113 e. The summed E-state index contributed by atoms with van der Waals surface area (Å²) in [6.07, 6.45) is 1.97. The lowest BCUT2D eigenvalue weighted by Crippen LogP contribution is -2.01. The molecule has 0 radical (unpaired) electrons. The number of rotatable bonds is 4. The summed E-state index contributed by atoms with van der Waals surface area (Å²) in [5.74, 6) is 0. The molecule has 2 aromatic rings. The van der Waals surface area contributed by atoms with E-state index < -0.39 is 0 Å². The lowest BCUT2D eigenvalue weighted by molar-refractivity contribution is 1.02. The molecule has 0 fully saturated rings. The van der Waals surface area contributed by atoms with Crippen molar-refractivity contribution in [2.45, 2.75) is 32.1 Å². The summed E-state index contributed by atoms with van der Waals surface area (Å²) in [6.45, 7) is 4.30. The van der Waals surface area contributed by atoms with Gasteiger partial charge in [0.25, 0.3) is 0 Å². The van der Waals surface area contributed by atoms with E-state index >= 15 is 0 Å². The molecule has 0 aliphatic heterocycles. The van der Waals surface area contributed by atoms with E-state index in [1.54, 1.807) is 0 Å². The average molecular weight is 372 g/mol. The number of hydrogen-bond donors (Lipinski definition) is 0. The van der Waals surface area contributed by atoms with Gasteiger partial charge in [-0.2, -0.15) is 0 Å². The molecule has 1 unspecified atom stereocenters. The Kier molecular flexibility index (Phi) is 5.54. The van der Waals surface area contributed by atoms with E-state index in [1.807, 2.05) is 18.2 Å². The second-order valence-corrected chi connectivity index (χ2v) is 6.41. The zero-order valence-electron chi connectivity index (χ0n) is 11.6. The molecule has 0 nitrogen and oxygen atoms in total. The molecule has 0 aliphatic carbocycles. The first kappa shape index (κ1) is 15.9. The molecule has 1 atom stereocenters. The van der Waals surface area contributed by atoms with Crippen molar-refractivity contribution in [2.24, 2.45) is 0 Å². The number of benzene rings is 2. The van der Waals surface area contributed by atoms with Crippen molar-refractivity contribution in [3.63, 3.8) is 0 Å². The Morgan fingerprint density at radius 1 is 1.05 bits per heavy atom. The van der Waals surface area contributed by atoms with E-state index in [9.17, 15) is 0 Å². The predicted molar refractivity (Wildman–Crippen MR) is 92.0 cm³/mol. The maximum atomic E-state index is 6.72. The van der Waals surface area contributed by atoms with Crippen LogP contribution in [0.4, 0.5) is 0 Å². The van der Waals surface area contributed by atoms with Crippen LogP contribution in [-0.4, -0.2) is 0 Å². The molecule has 0 amide bonds. The zero-order chi connectivity index (χ0) is 14.7. The van der Waals surface area contributed by atoms with Gasteiger partial charge in [-0.25, -0.2) is 0 Å². The van der Waals surface area contributed by atoms with Crippen molar-refractivity contribution in [2.75, 3.05) is 0 Å². The predicted octanol–water partition coefficient (Wildman–Crippen LogP) is 6.56. The van der Waals surface area contributed by atoms with Gasteiger partial charge in [0.2, 0.25) is 0 Å². The maximum Gasteiger partial charge on any atom is 0.0852 e. The van der Waals surface area contributed by atoms with Gasteiger partial charge in [0.05, 0.1) is 10.4 Å². The summed E-state index contributed by atoms with van der Waals surface area (Å²) in [5.41, 5.74) is 4.69. The van der Waals surface area contributed by atoms with Gasteiger partial charge in [-0.1, -0.05) is 55.8 Å². The molecule has 2 aromatic carbocycles. The molecule has 0 aliphatic rings. The topological polar surface area (TPSA) is 0 Å². The van der Waals surface area contributed by atoms with Crippen molar-refractivity contribution in [1.29, 1.82) is 0 Å². The molecular formula is C17H17BrCl2. The molecule has 0 aromatic heterocycles. The third-order valence-corrected chi connectivity index (χ3v) is 5.31. The molecule has 0 bridgehead atoms. The Morgan fingerprint density at radius 2 is 1.80 bits per heavy atom. The van der Waals surface area contributed by atoms with Crippen LogP contribution in [0.1, 0.15) is 41.5 Å². The maximum absolute atomic E-state index is 6.72. The van der Waals surface area contributed by atoms with Crippen LogP contribution in [0, 0.1) is 0 Å². The van der Waals surface area contributed by atoms with Crippen LogP contribution < -0.4 is 0 Å². The SMILES string of the molecule is CCc1ccc(CC)c(C(Cl)c2cccc(Br)c2Cl)c1. The highest BCUT2D eigenvalue weighted by atomic mass is 79.9. The molecule has 0 saturated heterocycles. The van der Waals surface area contributed by atoms with Gasteiger partial charge in [-0.15, -0.1) is 11.6 Å². The molecule has 2 rings (SSSR count). The summed E-state index contributed by atoms with van der Waals surface area (Å²) in [4.78, 5) is 0. The lowest BCUT2D eigenvalue weighted by Gasteiger charge is -2.17. The monoisotopic (exact) mass is 370 g/mol. The first-order valence-electron chi connectivity index (χ1n) is 6.78.